The molecule has 0 unspecified atom stereocenters. The first-order chi connectivity index (χ1) is 7.85. The molecule has 16 heavy (non-hydrogen) atoms. The zero-order valence-corrected chi connectivity index (χ0v) is 10.0. The average Bonchev–Trinajstić information content (AvgIpc) is 2.39. The van der Waals surface area contributed by atoms with Crippen LogP contribution in [-0.4, -0.2) is 25.3 Å². The second-order valence-corrected chi connectivity index (χ2v) is 4.13. The van der Waals surface area contributed by atoms with E-state index in [-0.39, 0.29) is 0 Å². The Hall–Kier alpha value is -1.09. The third-order valence-corrected chi connectivity index (χ3v) is 3.15. The van der Waals surface area contributed by atoms with E-state index in [9.17, 15) is 0 Å². The smallest absolute Gasteiger partial charge is 0.140 e. The maximum absolute atomic E-state index is 5.37. The summed E-state index contributed by atoms with van der Waals surface area (Å²) in [5, 5.41) is 0. The van der Waals surface area contributed by atoms with Gasteiger partial charge in [-0.25, -0.2) is 0 Å². The molecule has 2 heterocycles. The lowest BCUT2D eigenvalue weighted by atomic mass is 9.95. The Morgan fingerprint density at radius 3 is 2.75 bits per heavy atom. The van der Waals surface area contributed by atoms with Crippen molar-refractivity contribution in [1.29, 1.82) is 0 Å². The molecule has 0 bridgehead atoms. The van der Waals surface area contributed by atoms with Crippen molar-refractivity contribution in [2.24, 2.45) is 0 Å². The summed E-state index contributed by atoms with van der Waals surface area (Å²) in [4.78, 5) is 4.71. The molecular weight excluding hydrogens is 202 g/mol. The van der Waals surface area contributed by atoms with E-state index in [1.54, 1.807) is 7.11 Å². The highest BCUT2D eigenvalue weighted by Crippen LogP contribution is 2.28. The molecule has 0 saturated carbocycles. The molecule has 0 spiro atoms. The van der Waals surface area contributed by atoms with E-state index in [1.165, 1.54) is 5.69 Å². The average molecular weight is 221 g/mol. The lowest BCUT2D eigenvalue weighted by Gasteiger charge is -2.22. The number of ether oxygens (including phenoxy) is 2. The summed E-state index contributed by atoms with van der Waals surface area (Å²) in [6.45, 7) is 3.83. The summed E-state index contributed by atoms with van der Waals surface area (Å²) in [5.41, 5.74) is 2.26. The summed E-state index contributed by atoms with van der Waals surface area (Å²) >= 11 is 0. The first kappa shape index (κ1) is 11.4. The van der Waals surface area contributed by atoms with Crippen LogP contribution >= 0.6 is 0 Å². The van der Waals surface area contributed by atoms with Gasteiger partial charge in [-0.1, -0.05) is 6.92 Å². The van der Waals surface area contributed by atoms with Crippen LogP contribution in [0.5, 0.6) is 5.75 Å². The van der Waals surface area contributed by atoms with Gasteiger partial charge < -0.3 is 9.47 Å². The molecule has 1 saturated heterocycles. The second kappa shape index (κ2) is 5.30. The highest BCUT2D eigenvalue weighted by molar-refractivity contribution is 5.30. The zero-order valence-electron chi connectivity index (χ0n) is 10.0. The van der Waals surface area contributed by atoms with E-state index in [0.717, 1.165) is 43.9 Å². The summed E-state index contributed by atoms with van der Waals surface area (Å²) in [6.07, 6.45) is 3.09. The Morgan fingerprint density at radius 2 is 2.12 bits per heavy atom. The maximum Gasteiger partial charge on any atom is 0.140 e. The van der Waals surface area contributed by atoms with E-state index in [2.05, 4.69) is 13.0 Å². The standard InChI is InChI=1S/C13H19NO2/c1-3-11-13(15-2)5-4-12(14-11)10-6-8-16-9-7-10/h4-5,10H,3,6-9H2,1-2H3. The lowest BCUT2D eigenvalue weighted by molar-refractivity contribution is 0.0844. The van der Waals surface area contributed by atoms with Gasteiger partial charge in [-0.2, -0.15) is 0 Å². The molecule has 0 N–H and O–H groups in total. The molecule has 0 aromatic carbocycles. The largest absolute Gasteiger partial charge is 0.495 e. The van der Waals surface area contributed by atoms with Crippen LogP contribution in [0.4, 0.5) is 0 Å². The van der Waals surface area contributed by atoms with Gasteiger partial charge in [0.15, 0.2) is 0 Å². The third kappa shape index (κ3) is 2.35. The van der Waals surface area contributed by atoms with Crippen molar-refractivity contribution in [2.45, 2.75) is 32.1 Å². The predicted octanol–water partition coefficient (Wildman–Crippen LogP) is 2.55. The zero-order chi connectivity index (χ0) is 11.4. The molecule has 2 rings (SSSR count). The SMILES string of the molecule is CCc1nc(C2CCOCC2)ccc1OC. The van der Waals surface area contributed by atoms with E-state index in [0.29, 0.717) is 5.92 Å². The number of nitrogens with zero attached hydrogens (tertiary/aromatic N) is 1. The van der Waals surface area contributed by atoms with Gasteiger partial charge in [0.05, 0.1) is 12.8 Å². The molecule has 1 aromatic heterocycles. The Balaban J connectivity index is 2.20. The summed E-state index contributed by atoms with van der Waals surface area (Å²) < 4.78 is 10.7. The number of hydrogen-bond donors (Lipinski definition) is 0. The highest BCUT2D eigenvalue weighted by atomic mass is 16.5. The van der Waals surface area contributed by atoms with Crippen molar-refractivity contribution < 1.29 is 9.47 Å². The highest BCUT2D eigenvalue weighted by Gasteiger charge is 2.18. The number of pyridine rings is 1. The second-order valence-electron chi connectivity index (χ2n) is 4.13. The van der Waals surface area contributed by atoms with Gasteiger partial charge in [-0.15, -0.1) is 0 Å². The fourth-order valence-electron chi connectivity index (χ4n) is 2.17. The summed E-state index contributed by atoms with van der Waals surface area (Å²) in [5.74, 6) is 1.46. The van der Waals surface area contributed by atoms with Crippen LogP contribution in [0, 0.1) is 0 Å². The molecule has 1 aromatic rings. The van der Waals surface area contributed by atoms with Crippen molar-refractivity contribution in [3.8, 4) is 5.75 Å². The van der Waals surface area contributed by atoms with Gasteiger partial charge in [-0.05, 0) is 31.4 Å². The molecule has 1 aliphatic rings. The van der Waals surface area contributed by atoms with Crippen LogP contribution < -0.4 is 4.74 Å². The van der Waals surface area contributed by atoms with E-state index in [4.69, 9.17) is 14.5 Å². The van der Waals surface area contributed by atoms with Crippen molar-refractivity contribution in [2.75, 3.05) is 20.3 Å². The monoisotopic (exact) mass is 221 g/mol. The lowest BCUT2D eigenvalue weighted by Crippen LogP contribution is -2.15. The quantitative estimate of drug-likeness (QED) is 0.786. The Labute approximate surface area is 96.8 Å². The molecule has 3 nitrogen and oxygen atoms in total. The van der Waals surface area contributed by atoms with Crippen LogP contribution in [0.3, 0.4) is 0 Å². The van der Waals surface area contributed by atoms with Gasteiger partial charge >= 0.3 is 0 Å². The molecule has 1 fully saturated rings. The van der Waals surface area contributed by atoms with Gasteiger partial charge in [-0.3, -0.25) is 4.98 Å². The van der Waals surface area contributed by atoms with Crippen LogP contribution in [0.15, 0.2) is 12.1 Å². The molecule has 0 atom stereocenters. The number of aromatic nitrogens is 1. The minimum absolute atomic E-state index is 0.560. The van der Waals surface area contributed by atoms with Crippen LogP contribution in [-0.2, 0) is 11.2 Å². The Kier molecular flexibility index (Phi) is 3.78. The summed E-state index contributed by atoms with van der Waals surface area (Å²) in [7, 11) is 1.70. The van der Waals surface area contributed by atoms with Crippen molar-refractivity contribution in [3.05, 3.63) is 23.5 Å². The molecule has 1 aliphatic heterocycles. The molecule has 0 radical (unpaired) electrons. The number of rotatable bonds is 3. The van der Waals surface area contributed by atoms with E-state index in [1.807, 2.05) is 6.07 Å². The molecule has 0 amide bonds. The first-order valence-electron chi connectivity index (χ1n) is 5.96. The van der Waals surface area contributed by atoms with Crippen LogP contribution in [0.25, 0.3) is 0 Å². The number of methoxy groups -OCH3 is 1. The van der Waals surface area contributed by atoms with Crippen molar-refractivity contribution >= 4 is 0 Å². The van der Waals surface area contributed by atoms with Crippen LogP contribution in [0.2, 0.25) is 0 Å². The fourth-order valence-corrected chi connectivity index (χ4v) is 2.17. The van der Waals surface area contributed by atoms with E-state index < -0.39 is 0 Å². The van der Waals surface area contributed by atoms with Crippen molar-refractivity contribution in [1.82, 2.24) is 4.98 Å². The molecular formula is C13H19NO2. The Morgan fingerprint density at radius 1 is 1.38 bits per heavy atom. The minimum Gasteiger partial charge on any atom is -0.495 e. The van der Waals surface area contributed by atoms with Gasteiger partial charge in [0.2, 0.25) is 0 Å². The normalized spacial score (nSPS) is 17.4. The fraction of sp³-hybridized carbons (Fsp3) is 0.615. The van der Waals surface area contributed by atoms with Gasteiger partial charge in [0.25, 0.3) is 0 Å². The minimum atomic E-state index is 0.560. The topological polar surface area (TPSA) is 31.4 Å². The van der Waals surface area contributed by atoms with E-state index >= 15 is 0 Å². The van der Waals surface area contributed by atoms with Crippen molar-refractivity contribution in [3.63, 3.8) is 0 Å². The maximum atomic E-state index is 5.37. The Bertz CT molecular complexity index is 346. The summed E-state index contributed by atoms with van der Waals surface area (Å²) in [6, 6.07) is 4.13. The first-order valence-corrected chi connectivity index (χ1v) is 5.96. The van der Waals surface area contributed by atoms with Crippen LogP contribution in [0.1, 0.15) is 37.1 Å². The molecule has 0 aliphatic carbocycles. The number of hydrogen-bond acceptors (Lipinski definition) is 3. The van der Waals surface area contributed by atoms with Gasteiger partial charge in [0, 0.05) is 24.8 Å². The third-order valence-electron chi connectivity index (χ3n) is 3.15. The number of aryl methyl sites for hydroxylation is 1. The predicted molar refractivity (Wildman–Crippen MR) is 63.0 cm³/mol. The molecule has 3 heteroatoms. The van der Waals surface area contributed by atoms with Gasteiger partial charge in [0.1, 0.15) is 5.75 Å². The molecule has 88 valence electrons.